The maximum absolute atomic E-state index is 13.5. The fourth-order valence-corrected chi connectivity index (χ4v) is 5.18. The van der Waals surface area contributed by atoms with Gasteiger partial charge in [-0.15, -0.1) is 0 Å². The van der Waals surface area contributed by atoms with E-state index in [1.54, 1.807) is 13.8 Å². The van der Waals surface area contributed by atoms with Gasteiger partial charge in [0.15, 0.2) is 12.4 Å². The first-order valence-electron chi connectivity index (χ1n) is 14.5. The molecule has 45 heavy (non-hydrogen) atoms. The average Bonchev–Trinajstić information content (AvgIpc) is 3.64. The largest absolute Gasteiger partial charge is 0.454 e. The van der Waals surface area contributed by atoms with Gasteiger partial charge in [0.1, 0.15) is 12.1 Å². The van der Waals surface area contributed by atoms with Crippen molar-refractivity contribution in [3.63, 3.8) is 0 Å². The molecule has 2 fully saturated rings. The molecule has 250 valence electrons. The van der Waals surface area contributed by atoms with Crippen molar-refractivity contribution >= 4 is 29.5 Å². The summed E-state index contributed by atoms with van der Waals surface area (Å²) in [4.78, 5) is 63.9. The minimum Gasteiger partial charge on any atom is -0.454 e. The second-order valence-electron chi connectivity index (χ2n) is 11.4. The van der Waals surface area contributed by atoms with E-state index in [4.69, 9.17) is 4.74 Å². The molecule has 1 aromatic carbocycles. The summed E-state index contributed by atoms with van der Waals surface area (Å²) in [6, 6.07) is -1.52. The highest BCUT2D eigenvalue weighted by Crippen LogP contribution is 2.39. The molecular formula is C29H35F6N3O7. The van der Waals surface area contributed by atoms with E-state index in [0.29, 0.717) is 38.5 Å². The number of alkyl halides is 6. The lowest BCUT2D eigenvalue weighted by Gasteiger charge is -2.25. The lowest BCUT2D eigenvalue weighted by Crippen LogP contribution is -2.54. The van der Waals surface area contributed by atoms with Crippen molar-refractivity contribution in [1.29, 1.82) is 0 Å². The zero-order valence-corrected chi connectivity index (χ0v) is 24.6. The van der Waals surface area contributed by atoms with Gasteiger partial charge < -0.3 is 25.4 Å². The molecule has 1 aromatic rings. The first kappa shape index (κ1) is 35.8. The predicted octanol–water partition coefficient (Wildman–Crippen LogP) is 3.56. The Labute approximate surface area is 254 Å². The number of hydrogen-bond acceptors (Lipinski definition) is 7. The number of nitrogens with one attached hydrogen (secondary N) is 3. The van der Waals surface area contributed by atoms with Crippen LogP contribution in [0.4, 0.5) is 26.3 Å². The van der Waals surface area contributed by atoms with E-state index >= 15 is 0 Å². The molecule has 0 radical (unpaired) electrons. The standard InChI is InChI=1S/C29H35F6N3O7/c1-15(2)13-20(38-26(42)22-7-4-12-44-22)25(41)37-19(9-8-16-10-11-36-24(16)40)21(39)14-45-27(43)23-17(28(30,31)32)5-3-6-18(23)29(33,34)35/h3,5-6,15-16,19-20,22H,4,7-14H2,1-2H3,(H,36,40)(H,37,41)(H,38,42)/t16-,19+,20+,22-/m1/s1. The van der Waals surface area contributed by atoms with E-state index in [2.05, 4.69) is 20.7 Å². The van der Waals surface area contributed by atoms with E-state index in [0.717, 1.165) is 0 Å². The van der Waals surface area contributed by atoms with Gasteiger partial charge in [0.2, 0.25) is 17.7 Å². The Kier molecular flexibility index (Phi) is 12.0. The van der Waals surface area contributed by atoms with E-state index in [-0.39, 0.29) is 43.2 Å². The molecule has 0 bridgehead atoms. The average molecular weight is 652 g/mol. The third kappa shape index (κ3) is 9.90. The fourth-order valence-electron chi connectivity index (χ4n) is 5.18. The van der Waals surface area contributed by atoms with E-state index in [1.807, 2.05) is 0 Å². The van der Waals surface area contributed by atoms with Crippen molar-refractivity contribution in [1.82, 2.24) is 16.0 Å². The van der Waals surface area contributed by atoms with Gasteiger partial charge in [-0.2, -0.15) is 26.3 Å². The molecular weight excluding hydrogens is 616 g/mol. The molecule has 16 heteroatoms. The van der Waals surface area contributed by atoms with Crippen molar-refractivity contribution in [2.75, 3.05) is 19.8 Å². The number of hydrogen-bond donors (Lipinski definition) is 3. The number of esters is 1. The summed E-state index contributed by atoms with van der Waals surface area (Å²) in [5, 5.41) is 7.69. The Morgan fingerprint density at radius 1 is 1.00 bits per heavy atom. The van der Waals surface area contributed by atoms with E-state index < -0.39 is 83.3 Å². The first-order chi connectivity index (χ1) is 21.0. The quantitative estimate of drug-likeness (QED) is 0.219. The van der Waals surface area contributed by atoms with Crippen molar-refractivity contribution in [2.24, 2.45) is 11.8 Å². The van der Waals surface area contributed by atoms with Crippen LogP contribution in [0.15, 0.2) is 18.2 Å². The van der Waals surface area contributed by atoms with Crippen molar-refractivity contribution in [2.45, 2.75) is 82.9 Å². The van der Waals surface area contributed by atoms with E-state index in [1.165, 1.54) is 0 Å². The minimum atomic E-state index is -5.35. The van der Waals surface area contributed by atoms with E-state index in [9.17, 15) is 50.3 Å². The molecule has 0 aromatic heterocycles. The number of ketones is 1. The molecule has 2 aliphatic heterocycles. The molecule has 0 aliphatic carbocycles. The highest BCUT2D eigenvalue weighted by molar-refractivity contribution is 5.97. The Morgan fingerprint density at radius 3 is 2.16 bits per heavy atom. The molecule has 10 nitrogen and oxygen atoms in total. The second-order valence-corrected chi connectivity index (χ2v) is 11.4. The maximum atomic E-state index is 13.5. The second kappa shape index (κ2) is 15.1. The number of benzene rings is 1. The highest BCUT2D eigenvalue weighted by Gasteiger charge is 2.43. The summed E-state index contributed by atoms with van der Waals surface area (Å²) in [6.45, 7) is 3.06. The zero-order valence-electron chi connectivity index (χ0n) is 24.6. The Bertz CT molecular complexity index is 1230. The Morgan fingerprint density at radius 2 is 1.64 bits per heavy atom. The molecule has 2 saturated heterocycles. The lowest BCUT2D eigenvalue weighted by atomic mass is 9.96. The van der Waals surface area contributed by atoms with Gasteiger partial charge in [0, 0.05) is 19.1 Å². The lowest BCUT2D eigenvalue weighted by molar-refractivity contribution is -0.144. The molecule has 3 N–H and O–H groups in total. The Balaban J connectivity index is 1.80. The monoisotopic (exact) mass is 651 g/mol. The van der Waals surface area contributed by atoms with Gasteiger partial charge in [-0.1, -0.05) is 19.9 Å². The summed E-state index contributed by atoms with van der Waals surface area (Å²) >= 11 is 0. The van der Waals surface area contributed by atoms with Gasteiger partial charge in [-0.3, -0.25) is 19.2 Å². The van der Waals surface area contributed by atoms with Gasteiger partial charge >= 0.3 is 18.3 Å². The number of ether oxygens (including phenoxy) is 2. The van der Waals surface area contributed by atoms with Gasteiger partial charge in [-0.05, 0) is 56.6 Å². The summed E-state index contributed by atoms with van der Waals surface area (Å²) in [7, 11) is 0. The molecule has 0 unspecified atom stereocenters. The van der Waals surface area contributed by atoms with Crippen LogP contribution in [0.25, 0.3) is 0 Å². The molecule has 3 amide bonds. The van der Waals surface area contributed by atoms with Crippen LogP contribution in [0.2, 0.25) is 0 Å². The molecule has 2 heterocycles. The molecule has 0 spiro atoms. The van der Waals surface area contributed by atoms with Crippen molar-refractivity contribution in [3.8, 4) is 0 Å². The van der Waals surface area contributed by atoms with Gasteiger partial charge in [0.05, 0.1) is 22.7 Å². The molecule has 4 atom stereocenters. The van der Waals surface area contributed by atoms with Crippen LogP contribution in [-0.4, -0.2) is 67.4 Å². The van der Waals surface area contributed by atoms with Gasteiger partial charge in [0.25, 0.3) is 0 Å². The summed E-state index contributed by atoms with van der Waals surface area (Å²) in [5.74, 6) is -5.30. The summed E-state index contributed by atoms with van der Waals surface area (Å²) < 4.78 is 91.2. The van der Waals surface area contributed by atoms with Crippen LogP contribution in [0.3, 0.4) is 0 Å². The highest BCUT2D eigenvalue weighted by atomic mass is 19.4. The summed E-state index contributed by atoms with van der Waals surface area (Å²) in [5.41, 5.74) is -5.60. The number of carbonyl (C=O) groups excluding carboxylic acids is 5. The van der Waals surface area contributed by atoms with Gasteiger partial charge in [-0.25, -0.2) is 4.79 Å². The Hall–Kier alpha value is -3.69. The number of rotatable bonds is 13. The van der Waals surface area contributed by atoms with Crippen LogP contribution in [-0.2, 0) is 41.0 Å². The predicted molar refractivity (Wildman–Crippen MR) is 144 cm³/mol. The SMILES string of the molecule is CC(C)C[C@H](NC(=O)[C@H]1CCCO1)C(=O)N[C@@H](CC[C@@H]1CCNC1=O)C(=O)COC(=O)c1c(C(F)(F)F)cccc1C(F)(F)F. The first-order valence-corrected chi connectivity index (χ1v) is 14.5. The molecule has 0 saturated carbocycles. The fraction of sp³-hybridized carbons (Fsp3) is 0.621. The van der Waals surface area contributed by atoms with Crippen LogP contribution < -0.4 is 16.0 Å². The summed E-state index contributed by atoms with van der Waals surface area (Å²) in [6.07, 6.45) is -9.85. The number of halogens is 6. The van der Waals surface area contributed by atoms with Crippen LogP contribution in [0, 0.1) is 11.8 Å². The third-order valence-electron chi connectivity index (χ3n) is 7.46. The molecule has 2 aliphatic rings. The van der Waals surface area contributed by atoms with Crippen LogP contribution in [0.1, 0.15) is 73.9 Å². The van der Waals surface area contributed by atoms with Crippen LogP contribution in [0.5, 0.6) is 0 Å². The van der Waals surface area contributed by atoms with Crippen molar-refractivity contribution in [3.05, 3.63) is 34.9 Å². The number of Topliss-reactive ketones (excluding diaryl/α,β-unsaturated/α-hetero) is 1. The minimum absolute atomic E-state index is 0.0860. The van der Waals surface area contributed by atoms with Crippen LogP contribution >= 0.6 is 0 Å². The topological polar surface area (TPSA) is 140 Å². The zero-order chi connectivity index (χ0) is 33.5. The number of amides is 3. The maximum Gasteiger partial charge on any atom is 0.417 e. The number of carbonyl (C=O) groups is 5. The normalized spacial score (nSPS) is 20.0. The third-order valence-corrected chi connectivity index (χ3v) is 7.46. The molecule has 3 rings (SSSR count). The smallest absolute Gasteiger partial charge is 0.417 e. The van der Waals surface area contributed by atoms with Crippen molar-refractivity contribution < 1.29 is 59.8 Å².